The number of ether oxygens (including phenoxy) is 1. The van der Waals surface area contributed by atoms with Crippen LogP contribution in [0, 0.1) is 0 Å². The Bertz CT molecular complexity index is 745. The van der Waals surface area contributed by atoms with Gasteiger partial charge in [0.2, 0.25) is 5.91 Å². The summed E-state index contributed by atoms with van der Waals surface area (Å²) in [6.07, 6.45) is 2.17. The number of pyridine rings is 1. The monoisotopic (exact) mass is 296 g/mol. The second kappa shape index (κ2) is 5.13. The van der Waals surface area contributed by atoms with E-state index < -0.39 is 0 Å². The van der Waals surface area contributed by atoms with Crippen molar-refractivity contribution in [3.63, 3.8) is 0 Å². The van der Waals surface area contributed by atoms with E-state index >= 15 is 0 Å². The van der Waals surface area contributed by atoms with Crippen molar-refractivity contribution < 1.29 is 9.53 Å². The average Bonchev–Trinajstić information content (AvgIpc) is 2.84. The first kappa shape index (κ1) is 14.6. The first-order valence-corrected chi connectivity index (χ1v) is 7.36. The number of anilines is 1. The van der Waals surface area contributed by atoms with Gasteiger partial charge >= 0.3 is 0 Å². The fourth-order valence-corrected chi connectivity index (χ4v) is 2.65. The molecule has 0 aliphatic carbocycles. The van der Waals surface area contributed by atoms with Crippen molar-refractivity contribution in [3.05, 3.63) is 41.6 Å². The second-order valence-corrected chi connectivity index (χ2v) is 6.62. The zero-order chi connectivity index (χ0) is 15.9. The lowest BCUT2D eigenvalue weighted by Gasteiger charge is -2.21. The summed E-state index contributed by atoms with van der Waals surface area (Å²) in [7, 11) is 1.67. The topological polar surface area (TPSA) is 51.2 Å². The number of amides is 1. The number of nitrogens with one attached hydrogen (secondary N) is 1. The number of aromatic nitrogens is 1. The third-order valence-electron chi connectivity index (χ3n) is 3.95. The summed E-state index contributed by atoms with van der Waals surface area (Å²) in [5.41, 5.74) is 4.20. The summed E-state index contributed by atoms with van der Waals surface area (Å²) in [6, 6.07) is 8.25. The van der Waals surface area contributed by atoms with E-state index in [0.717, 1.165) is 22.4 Å². The minimum atomic E-state index is -0.00458. The first-order valence-electron chi connectivity index (χ1n) is 7.36. The highest BCUT2D eigenvalue weighted by molar-refractivity contribution is 5.98. The van der Waals surface area contributed by atoms with Gasteiger partial charge in [0.1, 0.15) is 11.6 Å². The van der Waals surface area contributed by atoms with Crippen molar-refractivity contribution >= 4 is 11.7 Å². The number of hydrogen-bond donors (Lipinski definition) is 1. The van der Waals surface area contributed by atoms with Gasteiger partial charge in [0.15, 0.2) is 0 Å². The fourth-order valence-electron chi connectivity index (χ4n) is 2.65. The number of methoxy groups -OCH3 is 1. The number of nitrogens with zero attached hydrogens (tertiary/aromatic N) is 1. The van der Waals surface area contributed by atoms with Gasteiger partial charge in [-0.15, -0.1) is 0 Å². The molecule has 1 aromatic carbocycles. The van der Waals surface area contributed by atoms with Gasteiger partial charge in [-0.3, -0.25) is 4.79 Å². The Morgan fingerprint density at radius 2 is 2.00 bits per heavy atom. The largest absolute Gasteiger partial charge is 0.496 e. The number of benzene rings is 1. The molecule has 114 valence electrons. The molecule has 22 heavy (non-hydrogen) atoms. The Hall–Kier alpha value is -2.36. The highest BCUT2D eigenvalue weighted by atomic mass is 16.5. The van der Waals surface area contributed by atoms with Crippen molar-refractivity contribution in [1.82, 2.24) is 4.98 Å². The Morgan fingerprint density at radius 1 is 1.23 bits per heavy atom. The normalized spacial score (nSPS) is 13.7. The van der Waals surface area contributed by atoms with Crippen molar-refractivity contribution in [2.24, 2.45) is 0 Å². The van der Waals surface area contributed by atoms with Gasteiger partial charge in [-0.05, 0) is 29.2 Å². The van der Waals surface area contributed by atoms with Gasteiger partial charge < -0.3 is 10.1 Å². The van der Waals surface area contributed by atoms with Crippen LogP contribution in [0.4, 0.5) is 5.82 Å². The van der Waals surface area contributed by atoms with E-state index in [1.54, 1.807) is 13.3 Å². The molecule has 3 rings (SSSR count). The molecule has 1 aliphatic rings. The molecule has 1 amide bonds. The molecule has 0 atom stereocenters. The average molecular weight is 296 g/mol. The number of rotatable bonds is 2. The molecule has 1 aromatic heterocycles. The zero-order valence-electron chi connectivity index (χ0n) is 13.4. The van der Waals surface area contributed by atoms with Crippen LogP contribution in [0.2, 0.25) is 0 Å². The van der Waals surface area contributed by atoms with Gasteiger partial charge in [-0.25, -0.2) is 4.98 Å². The van der Waals surface area contributed by atoms with Crippen LogP contribution >= 0.6 is 0 Å². The molecule has 0 bridgehead atoms. The lowest BCUT2D eigenvalue weighted by molar-refractivity contribution is -0.115. The van der Waals surface area contributed by atoms with Gasteiger partial charge in [-0.1, -0.05) is 26.8 Å². The highest BCUT2D eigenvalue weighted by Gasteiger charge is 2.21. The van der Waals surface area contributed by atoms with Crippen LogP contribution in [-0.4, -0.2) is 18.0 Å². The molecule has 1 N–H and O–H groups in total. The summed E-state index contributed by atoms with van der Waals surface area (Å²) >= 11 is 0. The summed E-state index contributed by atoms with van der Waals surface area (Å²) in [5.74, 6) is 1.47. The van der Waals surface area contributed by atoms with Gasteiger partial charge in [0.25, 0.3) is 0 Å². The number of carbonyl (C=O) groups is 1. The standard InChI is InChI=1S/C18H20N2O2/c1-18(2,3)13-5-6-15(22-4)14(9-13)12-7-11-8-16(21)20-17(11)19-10-12/h5-7,9-10H,8H2,1-4H3,(H,19,20,21). The van der Waals surface area contributed by atoms with Gasteiger partial charge in [0.05, 0.1) is 13.5 Å². The molecule has 2 heterocycles. The third kappa shape index (κ3) is 2.56. The molecule has 1 aliphatic heterocycles. The summed E-state index contributed by atoms with van der Waals surface area (Å²) in [4.78, 5) is 15.8. The molecule has 0 radical (unpaired) electrons. The van der Waals surface area contributed by atoms with Crippen molar-refractivity contribution in [2.45, 2.75) is 32.6 Å². The predicted molar refractivity (Wildman–Crippen MR) is 87.3 cm³/mol. The van der Waals surface area contributed by atoms with Crippen molar-refractivity contribution in [1.29, 1.82) is 0 Å². The maximum absolute atomic E-state index is 11.5. The van der Waals surface area contributed by atoms with E-state index in [1.807, 2.05) is 12.1 Å². The van der Waals surface area contributed by atoms with E-state index in [4.69, 9.17) is 4.74 Å². The van der Waals surface area contributed by atoms with Crippen molar-refractivity contribution in [3.8, 4) is 16.9 Å². The van der Waals surface area contributed by atoms with Crippen LogP contribution in [0.25, 0.3) is 11.1 Å². The lowest BCUT2D eigenvalue weighted by Crippen LogP contribution is -2.11. The van der Waals surface area contributed by atoms with Crippen LogP contribution in [0.5, 0.6) is 5.75 Å². The SMILES string of the molecule is COc1ccc(C(C)(C)C)cc1-c1cnc2c(c1)CC(=O)N2. The van der Waals surface area contributed by atoms with Gasteiger partial charge in [0, 0.05) is 22.9 Å². The minimum absolute atomic E-state index is 0.00458. The smallest absolute Gasteiger partial charge is 0.230 e. The summed E-state index contributed by atoms with van der Waals surface area (Å²) in [6.45, 7) is 6.55. The van der Waals surface area contributed by atoms with Crippen LogP contribution in [0.1, 0.15) is 31.9 Å². The van der Waals surface area contributed by atoms with Crippen molar-refractivity contribution in [2.75, 3.05) is 12.4 Å². The quantitative estimate of drug-likeness (QED) is 0.922. The Labute approximate surface area is 130 Å². The maximum Gasteiger partial charge on any atom is 0.230 e. The van der Waals surface area contributed by atoms with Gasteiger partial charge in [-0.2, -0.15) is 0 Å². The Balaban J connectivity index is 2.11. The van der Waals surface area contributed by atoms with Crippen LogP contribution < -0.4 is 10.1 Å². The molecule has 4 heteroatoms. The second-order valence-electron chi connectivity index (χ2n) is 6.62. The number of hydrogen-bond acceptors (Lipinski definition) is 3. The molecule has 0 saturated carbocycles. The predicted octanol–water partition coefficient (Wildman–Crippen LogP) is 3.55. The summed E-state index contributed by atoms with van der Waals surface area (Å²) in [5, 5.41) is 2.76. The fraction of sp³-hybridized carbons (Fsp3) is 0.333. The van der Waals surface area contributed by atoms with Crippen LogP contribution in [0.3, 0.4) is 0 Å². The van der Waals surface area contributed by atoms with E-state index in [-0.39, 0.29) is 11.3 Å². The Morgan fingerprint density at radius 3 is 2.68 bits per heavy atom. The third-order valence-corrected chi connectivity index (χ3v) is 3.95. The molecule has 0 saturated heterocycles. The van der Waals surface area contributed by atoms with Crippen LogP contribution in [0.15, 0.2) is 30.5 Å². The zero-order valence-corrected chi connectivity index (χ0v) is 13.4. The molecular formula is C18H20N2O2. The van der Waals surface area contributed by atoms with E-state index in [2.05, 4.69) is 43.2 Å². The number of carbonyl (C=O) groups excluding carboxylic acids is 1. The molecule has 4 nitrogen and oxygen atoms in total. The Kier molecular flexibility index (Phi) is 3.39. The maximum atomic E-state index is 11.5. The molecule has 2 aromatic rings. The molecule has 0 fully saturated rings. The molecule has 0 spiro atoms. The molecule has 0 unspecified atom stereocenters. The van der Waals surface area contributed by atoms with Crippen LogP contribution in [-0.2, 0) is 16.6 Å². The summed E-state index contributed by atoms with van der Waals surface area (Å²) < 4.78 is 5.50. The van der Waals surface area contributed by atoms with E-state index in [1.165, 1.54) is 5.56 Å². The molecular weight excluding hydrogens is 276 g/mol. The van der Waals surface area contributed by atoms with E-state index in [9.17, 15) is 4.79 Å². The van der Waals surface area contributed by atoms with E-state index in [0.29, 0.717) is 12.2 Å². The number of fused-ring (bicyclic) bond motifs is 1. The first-order chi connectivity index (χ1) is 10.4. The minimum Gasteiger partial charge on any atom is -0.496 e. The lowest BCUT2D eigenvalue weighted by atomic mass is 9.85. The highest BCUT2D eigenvalue weighted by Crippen LogP contribution is 2.36.